The molecule has 0 aliphatic heterocycles. The number of hydrogen-bond donors (Lipinski definition) is 1. The van der Waals surface area contributed by atoms with Crippen LogP contribution in [0.1, 0.15) is 54.0 Å². The molecule has 1 aromatic carbocycles. The van der Waals surface area contributed by atoms with Crippen LogP contribution in [-0.2, 0) is 19.3 Å². The van der Waals surface area contributed by atoms with Gasteiger partial charge in [0.25, 0.3) is 5.91 Å². The van der Waals surface area contributed by atoms with Crippen LogP contribution in [0.4, 0.5) is 0 Å². The second-order valence-electron chi connectivity index (χ2n) is 6.54. The molecule has 0 spiro atoms. The molecule has 27 heavy (non-hydrogen) atoms. The Bertz CT molecular complexity index is 937. The maximum absolute atomic E-state index is 12.7. The first-order valence-electron chi connectivity index (χ1n) is 9.15. The monoisotopic (exact) mass is 396 g/mol. The van der Waals surface area contributed by atoms with Crippen molar-refractivity contribution in [3.63, 3.8) is 0 Å². The van der Waals surface area contributed by atoms with Crippen molar-refractivity contribution >= 4 is 34.4 Å². The molecule has 1 amide bonds. The van der Waals surface area contributed by atoms with Crippen molar-refractivity contribution in [3.8, 4) is 0 Å². The van der Waals surface area contributed by atoms with Gasteiger partial charge in [0.1, 0.15) is 0 Å². The summed E-state index contributed by atoms with van der Waals surface area (Å²) in [6.07, 6.45) is 5.42. The number of rotatable bonds is 6. The van der Waals surface area contributed by atoms with Crippen molar-refractivity contribution in [2.45, 2.75) is 32.1 Å². The van der Waals surface area contributed by atoms with Crippen molar-refractivity contribution in [1.82, 2.24) is 10.3 Å². The standard InChI is InChI=1S/C21H20N2O2S2/c24-20(18-10-5-13-26-18)14-6-1-2-7-15(14)21(25)22-12-11-19-23-16-8-3-4-9-17(16)27-19/h1-2,5-7,10,13H,3-4,8-9,11-12H2,(H,22,25). The van der Waals surface area contributed by atoms with Crippen molar-refractivity contribution in [2.24, 2.45) is 0 Å². The second kappa shape index (κ2) is 8.15. The Kier molecular flexibility index (Phi) is 5.45. The number of ketones is 1. The van der Waals surface area contributed by atoms with E-state index in [2.05, 4.69) is 5.32 Å². The summed E-state index contributed by atoms with van der Waals surface area (Å²) in [6, 6.07) is 10.6. The maximum atomic E-state index is 12.7. The number of aromatic nitrogens is 1. The lowest BCUT2D eigenvalue weighted by molar-refractivity contribution is 0.0943. The maximum Gasteiger partial charge on any atom is 0.252 e. The predicted molar refractivity (Wildman–Crippen MR) is 109 cm³/mol. The van der Waals surface area contributed by atoms with E-state index in [4.69, 9.17) is 4.98 Å². The minimum absolute atomic E-state index is 0.108. The van der Waals surface area contributed by atoms with Crippen LogP contribution in [0.3, 0.4) is 0 Å². The average molecular weight is 397 g/mol. The van der Waals surface area contributed by atoms with Gasteiger partial charge in [-0.15, -0.1) is 22.7 Å². The summed E-state index contributed by atoms with van der Waals surface area (Å²) in [5, 5.41) is 5.90. The van der Waals surface area contributed by atoms with Crippen LogP contribution in [0.25, 0.3) is 0 Å². The number of nitrogens with zero attached hydrogens (tertiary/aromatic N) is 1. The molecule has 0 unspecified atom stereocenters. The zero-order valence-electron chi connectivity index (χ0n) is 14.9. The van der Waals surface area contributed by atoms with Gasteiger partial charge in [-0.1, -0.05) is 24.3 Å². The van der Waals surface area contributed by atoms with Gasteiger partial charge in [0, 0.05) is 23.4 Å². The van der Waals surface area contributed by atoms with Crippen LogP contribution >= 0.6 is 22.7 Å². The lowest BCUT2D eigenvalue weighted by atomic mass is 10.0. The van der Waals surface area contributed by atoms with Crippen molar-refractivity contribution in [2.75, 3.05) is 6.54 Å². The lowest BCUT2D eigenvalue weighted by Crippen LogP contribution is -2.27. The van der Waals surface area contributed by atoms with E-state index in [0.717, 1.165) is 24.3 Å². The van der Waals surface area contributed by atoms with Crippen molar-refractivity contribution in [1.29, 1.82) is 0 Å². The van der Waals surface area contributed by atoms with Crippen LogP contribution in [0.15, 0.2) is 41.8 Å². The van der Waals surface area contributed by atoms with Crippen LogP contribution in [0.5, 0.6) is 0 Å². The van der Waals surface area contributed by atoms with E-state index in [0.29, 0.717) is 22.5 Å². The van der Waals surface area contributed by atoms with Crippen molar-refractivity contribution < 1.29 is 9.59 Å². The molecule has 4 rings (SSSR count). The minimum atomic E-state index is -0.211. The molecule has 2 heterocycles. The summed E-state index contributed by atoms with van der Waals surface area (Å²) in [4.78, 5) is 32.1. The number of thiophene rings is 1. The molecule has 138 valence electrons. The highest BCUT2D eigenvalue weighted by Crippen LogP contribution is 2.26. The van der Waals surface area contributed by atoms with Gasteiger partial charge in [0.2, 0.25) is 5.78 Å². The van der Waals surface area contributed by atoms with Crippen molar-refractivity contribution in [3.05, 3.63) is 73.4 Å². The SMILES string of the molecule is O=C(NCCc1nc2c(s1)CCCC2)c1ccccc1C(=O)c1cccs1. The van der Waals surface area contributed by atoms with Gasteiger partial charge in [-0.05, 0) is 43.2 Å². The first kappa shape index (κ1) is 18.1. The number of carbonyl (C=O) groups excluding carboxylic acids is 2. The highest BCUT2D eigenvalue weighted by molar-refractivity contribution is 7.12. The third kappa shape index (κ3) is 4.01. The molecule has 1 N–H and O–H groups in total. The Labute approximate surface area is 166 Å². The van der Waals surface area contributed by atoms with E-state index in [-0.39, 0.29) is 11.7 Å². The highest BCUT2D eigenvalue weighted by atomic mass is 32.1. The van der Waals surface area contributed by atoms with E-state index < -0.39 is 0 Å². The smallest absolute Gasteiger partial charge is 0.252 e. The second-order valence-corrected chi connectivity index (χ2v) is 8.66. The fourth-order valence-corrected chi connectivity index (χ4v) is 5.14. The number of fused-ring (bicyclic) bond motifs is 1. The molecule has 0 saturated carbocycles. The molecule has 3 aromatic rings. The van der Waals surface area contributed by atoms with Crippen LogP contribution in [-0.4, -0.2) is 23.2 Å². The molecule has 0 fully saturated rings. The highest BCUT2D eigenvalue weighted by Gasteiger charge is 2.19. The summed E-state index contributed by atoms with van der Waals surface area (Å²) in [5.41, 5.74) is 2.12. The summed E-state index contributed by atoms with van der Waals surface area (Å²) in [7, 11) is 0. The number of nitrogens with one attached hydrogen (secondary N) is 1. The van der Waals surface area contributed by atoms with E-state index in [1.54, 1.807) is 41.7 Å². The van der Waals surface area contributed by atoms with Gasteiger partial charge in [-0.25, -0.2) is 4.98 Å². The summed E-state index contributed by atoms with van der Waals surface area (Å²) in [5.74, 6) is -0.319. The fraction of sp³-hybridized carbons (Fsp3) is 0.286. The number of benzene rings is 1. The Hall–Kier alpha value is -2.31. The fourth-order valence-electron chi connectivity index (χ4n) is 3.31. The van der Waals surface area contributed by atoms with E-state index >= 15 is 0 Å². The molecular formula is C21H20N2O2S2. The van der Waals surface area contributed by atoms with Gasteiger partial charge in [-0.2, -0.15) is 0 Å². The molecule has 0 bridgehead atoms. The van der Waals surface area contributed by atoms with Crippen LogP contribution in [0, 0.1) is 0 Å². The zero-order chi connectivity index (χ0) is 18.6. The minimum Gasteiger partial charge on any atom is -0.352 e. The molecular weight excluding hydrogens is 376 g/mol. The molecule has 1 aliphatic carbocycles. The Morgan fingerprint density at radius 3 is 2.63 bits per heavy atom. The van der Waals surface area contributed by atoms with Gasteiger partial charge in [-0.3, -0.25) is 9.59 Å². The summed E-state index contributed by atoms with van der Waals surface area (Å²) >= 11 is 3.16. The normalized spacial score (nSPS) is 13.2. The average Bonchev–Trinajstić information content (AvgIpc) is 3.37. The number of carbonyl (C=O) groups is 2. The van der Waals surface area contributed by atoms with E-state index in [9.17, 15) is 9.59 Å². The third-order valence-corrected chi connectivity index (χ3v) is 6.76. The molecule has 1 aliphatic rings. The Morgan fingerprint density at radius 1 is 1.04 bits per heavy atom. The van der Waals surface area contributed by atoms with Gasteiger partial charge >= 0.3 is 0 Å². The zero-order valence-corrected chi connectivity index (χ0v) is 16.5. The van der Waals surface area contributed by atoms with E-state index in [1.165, 1.54) is 34.7 Å². The Morgan fingerprint density at radius 2 is 1.85 bits per heavy atom. The Balaban J connectivity index is 1.41. The first-order chi connectivity index (χ1) is 13.2. The van der Waals surface area contributed by atoms with Crippen LogP contribution in [0.2, 0.25) is 0 Å². The van der Waals surface area contributed by atoms with Gasteiger partial charge < -0.3 is 5.32 Å². The van der Waals surface area contributed by atoms with Gasteiger partial charge in [0.15, 0.2) is 0 Å². The first-order valence-corrected chi connectivity index (χ1v) is 10.8. The molecule has 2 aromatic heterocycles. The number of aryl methyl sites for hydroxylation is 2. The summed E-state index contributed by atoms with van der Waals surface area (Å²) in [6.45, 7) is 0.521. The van der Waals surface area contributed by atoms with Crippen LogP contribution < -0.4 is 5.32 Å². The third-order valence-electron chi connectivity index (χ3n) is 4.68. The molecule has 0 radical (unpaired) electrons. The predicted octanol–water partition coefficient (Wildman–Crippen LogP) is 4.29. The largest absolute Gasteiger partial charge is 0.352 e. The quantitative estimate of drug-likeness (QED) is 0.633. The number of hydrogen-bond acceptors (Lipinski definition) is 5. The molecule has 0 saturated heterocycles. The number of thiazole rings is 1. The summed E-state index contributed by atoms with van der Waals surface area (Å²) < 4.78 is 0. The molecule has 4 nitrogen and oxygen atoms in total. The topological polar surface area (TPSA) is 59.1 Å². The molecule has 0 atom stereocenters. The van der Waals surface area contributed by atoms with E-state index in [1.807, 2.05) is 11.4 Å². The number of amides is 1. The lowest BCUT2D eigenvalue weighted by Gasteiger charge is -2.08. The van der Waals surface area contributed by atoms with Gasteiger partial charge in [0.05, 0.1) is 21.1 Å². The molecule has 6 heteroatoms.